The third-order valence-electron chi connectivity index (χ3n) is 4.00. The molecule has 28 heavy (non-hydrogen) atoms. The molecule has 0 aliphatic heterocycles. The minimum absolute atomic E-state index is 0.00172. The van der Waals surface area contributed by atoms with E-state index in [0.717, 1.165) is 23.9 Å². The molecule has 0 fully saturated rings. The maximum atomic E-state index is 12.7. The number of phenolic OH excluding ortho intramolecular Hbond substituents is 1. The topological polar surface area (TPSA) is 89.8 Å². The molecular formula is C19H12F3N3O2S. The van der Waals surface area contributed by atoms with Crippen molar-refractivity contribution in [3.05, 3.63) is 63.9 Å². The average molecular weight is 403 g/mol. The van der Waals surface area contributed by atoms with Crippen molar-refractivity contribution >= 4 is 11.8 Å². The van der Waals surface area contributed by atoms with Crippen LogP contribution in [0.5, 0.6) is 5.75 Å². The van der Waals surface area contributed by atoms with E-state index >= 15 is 0 Å². The van der Waals surface area contributed by atoms with Crippen molar-refractivity contribution in [3.8, 4) is 34.2 Å². The summed E-state index contributed by atoms with van der Waals surface area (Å²) in [6.07, 6.45) is -2.75. The van der Waals surface area contributed by atoms with Gasteiger partial charge in [-0.2, -0.15) is 18.4 Å². The number of thioether (sulfide) groups is 1. The van der Waals surface area contributed by atoms with E-state index in [9.17, 15) is 28.3 Å². The van der Waals surface area contributed by atoms with E-state index in [1.54, 1.807) is 12.3 Å². The number of H-pyrrole nitrogens is 1. The lowest BCUT2D eigenvalue weighted by Gasteiger charge is -2.11. The summed E-state index contributed by atoms with van der Waals surface area (Å²) in [7, 11) is 0. The predicted molar refractivity (Wildman–Crippen MR) is 98.9 cm³/mol. The molecule has 1 aromatic heterocycles. The highest BCUT2D eigenvalue weighted by Crippen LogP contribution is 2.35. The van der Waals surface area contributed by atoms with Crippen molar-refractivity contribution < 1.29 is 18.3 Å². The van der Waals surface area contributed by atoms with Crippen LogP contribution in [0.4, 0.5) is 13.2 Å². The number of hydrogen-bond donors (Lipinski definition) is 2. The Bertz CT molecular complexity index is 1130. The van der Waals surface area contributed by atoms with Crippen LogP contribution >= 0.6 is 11.8 Å². The third kappa shape index (κ3) is 3.73. The number of aromatic nitrogens is 2. The molecule has 0 aliphatic carbocycles. The predicted octanol–water partition coefficient (Wildman–Crippen LogP) is 4.42. The molecule has 5 nitrogen and oxygen atoms in total. The van der Waals surface area contributed by atoms with Gasteiger partial charge in [-0.05, 0) is 41.6 Å². The fraction of sp³-hybridized carbons (Fsp3) is 0.105. The summed E-state index contributed by atoms with van der Waals surface area (Å²) < 4.78 is 38.2. The van der Waals surface area contributed by atoms with Gasteiger partial charge < -0.3 is 10.1 Å². The van der Waals surface area contributed by atoms with Gasteiger partial charge in [-0.15, -0.1) is 0 Å². The molecule has 0 aliphatic rings. The Labute approximate surface area is 161 Å². The second-order valence-electron chi connectivity index (χ2n) is 5.72. The van der Waals surface area contributed by atoms with Crippen LogP contribution in [0.25, 0.3) is 22.4 Å². The highest BCUT2D eigenvalue weighted by molar-refractivity contribution is 7.98. The largest absolute Gasteiger partial charge is 0.507 e. The zero-order valence-corrected chi connectivity index (χ0v) is 15.1. The smallest absolute Gasteiger partial charge is 0.416 e. The molecule has 0 bridgehead atoms. The minimum Gasteiger partial charge on any atom is -0.507 e. The van der Waals surface area contributed by atoms with Crippen LogP contribution in [-0.4, -0.2) is 21.3 Å². The van der Waals surface area contributed by atoms with Crippen LogP contribution in [-0.2, 0) is 6.18 Å². The van der Waals surface area contributed by atoms with Gasteiger partial charge in [0.1, 0.15) is 23.1 Å². The normalized spacial score (nSPS) is 11.2. The molecule has 0 unspecified atom stereocenters. The number of nitriles is 1. The second-order valence-corrected chi connectivity index (χ2v) is 6.51. The van der Waals surface area contributed by atoms with Gasteiger partial charge in [0.25, 0.3) is 5.56 Å². The van der Waals surface area contributed by atoms with Crippen molar-refractivity contribution in [2.45, 2.75) is 11.3 Å². The molecule has 1 heterocycles. The lowest BCUT2D eigenvalue weighted by molar-refractivity contribution is -0.137. The first kappa shape index (κ1) is 19.5. The molecule has 9 heteroatoms. The Balaban J connectivity index is 2.15. The summed E-state index contributed by atoms with van der Waals surface area (Å²) in [5.41, 5.74) is -0.574. The number of halogens is 3. The Morgan fingerprint density at radius 2 is 1.79 bits per heavy atom. The van der Waals surface area contributed by atoms with E-state index in [1.807, 2.05) is 0 Å². The molecule has 0 spiro atoms. The summed E-state index contributed by atoms with van der Waals surface area (Å²) in [5, 5.41) is 19.8. The van der Waals surface area contributed by atoms with Crippen molar-refractivity contribution in [1.29, 1.82) is 5.26 Å². The molecule has 0 radical (unpaired) electrons. The monoisotopic (exact) mass is 403 g/mol. The Hall–Kier alpha value is -3.25. The van der Waals surface area contributed by atoms with Crippen molar-refractivity contribution in [2.24, 2.45) is 0 Å². The molecule has 0 atom stereocenters. The standard InChI is InChI=1S/C19H12F3N3O2S/c1-28-18-24-16(14(9-23)17(27)25-18)13-8-11(4-7-15(13)26)10-2-5-12(6-3-10)19(20,21)22/h2-8,26H,1H3,(H,24,25,27). The van der Waals surface area contributed by atoms with Gasteiger partial charge in [0, 0.05) is 5.56 Å². The molecule has 142 valence electrons. The summed E-state index contributed by atoms with van der Waals surface area (Å²) in [6.45, 7) is 0. The van der Waals surface area contributed by atoms with Crippen molar-refractivity contribution in [3.63, 3.8) is 0 Å². The molecule has 0 saturated heterocycles. The molecular weight excluding hydrogens is 391 g/mol. The van der Waals surface area contributed by atoms with Gasteiger partial charge >= 0.3 is 6.18 Å². The van der Waals surface area contributed by atoms with E-state index in [2.05, 4.69) is 9.97 Å². The fourth-order valence-electron chi connectivity index (χ4n) is 2.60. The molecule has 2 aromatic carbocycles. The zero-order valence-electron chi connectivity index (χ0n) is 14.3. The van der Waals surface area contributed by atoms with Crippen LogP contribution in [0.1, 0.15) is 11.1 Å². The number of alkyl halides is 3. The van der Waals surface area contributed by atoms with Crippen LogP contribution in [0.2, 0.25) is 0 Å². The maximum absolute atomic E-state index is 12.7. The molecule has 2 N–H and O–H groups in total. The lowest BCUT2D eigenvalue weighted by atomic mass is 9.98. The molecule has 3 aromatic rings. The van der Waals surface area contributed by atoms with Crippen molar-refractivity contribution in [2.75, 3.05) is 6.26 Å². The summed E-state index contributed by atoms with van der Waals surface area (Å²) >= 11 is 1.16. The van der Waals surface area contributed by atoms with Crippen molar-refractivity contribution in [1.82, 2.24) is 9.97 Å². The SMILES string of the molecule is CSc1nc(-c2cc(-c3ccc(C(F)(F)F)cc3)ccc2O)c(C#N)c(=O)[nH]1. The first-order chi connectivity index (χ1) is 13.2. The van der Waals surface area contributed by atoms with Crippen LogP contribution < -0.4 is 5.56 Å². The van der Waals surface area contributed by atoms with Crippen LogP contribution in [0, 0.1) is 11.3 Å². The van der Waals surface area contributed by atoms with E-state index in [0.29, 0.717) is 11.1 Å². The Kier molecular flexibility index (Phi) is 5.16. The first-order valence-corrected chi connectivity index (χ1v) is 9.06. The van der Waals surface area contributed by atoms with Gasteiger partial charge in [-0.1, -0.05) is 30.0 Å². The summed E-state index contributed by atoms with van der Waals surface area (Å²) in [6, 6.07) is 10.6. The Morgan fingerprint density at radius 3 is 2.36 bits per heavy atom. The molecule has 0 saturated carbocycles. The van der Waals surface area contributed by atoms with E-state index in [1.165, 1.54) is 30.3 Å². The number of rotatable bonds is 3. The van der Waals surface area contributed by atoms with E-state index < -0.39 is 17.3 Å². The number of phenols is 1. The first-order valence-electron chi connectivity index (χ1n) is 7.84. The summed E-state index contributed by atoms with van der Waals surface area (Å²) in [5.74, 6) is -0.211. The van der Waals surface area contributed by atoms with Gasteiger partial charge in [-0.3, -0.25) is 4.79 Å². The number of nitrogens with one attached hydrogen (secondary N) is 1. The summed E-state index contributed by atoms with van der Waals surface area (Å²) in [4.78, 5) is 18.8. The van der Waals surface area contributed by atoms with E-state index in [4.69, 9.17) is 0 Å². The number of aromatic amines is 1. The van der Waals surface area contributed by atoms with Gasteiger partial charge in [0.2, 0.25) is 0 Å². The maximum Gasteiger partial charge on any atom is 0.416 e. The second kappa shape index (κ2) is 7.40. The minimum atomic E-state index is -4.44. The number of aromatic hydroxyl groups is 1. The number of nitrogens with zero attached hydrogens (tertiary/aromatic N) is 2. The highest BCUT2D eigenvalue weighted by atomic mass is 32.2. The average Bonchev–Trinajstić information content (AvgIpc) is 2.67. The fourth-order valence-corrected chi connectivity index (χ4v) is 2.98. The Morgan fingerprint density at radius 1 is 1.14 bits per heavy atom. The van der Waals surface area contributed by atoms with Gasteiger partial charge in [-0.25, -0.2) is 4.98 Å². The number of benzene rings is 2. The number of hydrogen-bond acceptors (Lipinski definition) is 5. The molecule has 0 amide bonds. The molecule has 3 rings (SSSR count). The van der Waals surface area contributed by atoms with Gasteiger partial charge in [0.15, 0.2) is 5.16 Å². The quantitative estimate of drug-likeness (QED) is 0.499. The van der Waals surface area contributed by atoms with Gasteiger partial charge in [0.05, 0.1) is 5.56 Å². The third-order valence-corrected chi connectivity index (χ3v) is 4.58. The highest BCUT2D eigenvalue weighted by Gasteiger charge is 2.30. The van der Waals surface area contributed by atoms with Crippen LogP contribution in [0.15, 0.2) is 52.4 Å². The van der Waals surface area contributed by atoms with E-state index in [-0.39, 0.29) is 27.7 Å². The zero-order chi connectivity index (χ0) is 20.5. The van der Waals surface area contributed by atoms with Crippen LogP contribution in [0.3, 0.4) is 0 Å². The lowest BCUT2D eigenvalue weighted by Crippen LogP contribution is -2.14.